The molecule has 194 valence electrons. The molecule has 4 heterocycles. The van der Waals surface area contributed by atoms with Crippen molar-refractivity contribution in [3.8, 4) is 10.6 Å². The van der Waals surface area contributed by atoms with Crippen LogP contribution in [0.1, 0.15) is 29.7 Å². The smallest absolute Gasteiger partial charge is 0.391 e. The van der Waals surface area contributed by atoms with E-state index in [1.54, 1.807) is 6.07 Å². The van der Waals surface area contributed by atoms with Gasteiger partial charge < -0.3 is 15.3 Å². The molecule has 0 radical (unpaired) electrons. The number of aliphatic hydroxyl groups excluding tert-OH is 1. The van der Waals surface area contributed by atoms with E-state index in [0.717, 1.165) is 12.1 Å². The summed E-state index contributed by atoms with van der Waals surface area (Å²) in [5.74, 6) is -0.903. The Labute approximate surface area is 220 Å². The highest BCUT2D eigenvalue weighted by Crippen LogP contribution is 2.38. The number of benzene rings is 1. The second kappa shape index (κ2) is 9.44. The zero-order valence-corrected chi connectivity index (χ0v) is 21.3. The summed E-state index contributed by atoms with van der Waals surface area (Å²) in [6.45, 7) is 0.147. The first kappa shape index (κ1) is 25.7. The predicted molar refractivity (Wildman–Crippen MR) is 131 cm³/mol. The van der Waals surface area contributed by atoms with E-state index in [4.69, 9.17) is 0 Å². The molecule has 2 aromatic heterocycles. The summed E-state index contributed by atoms with van der Waals surface area (Å²) in [6.07, 6.45) is -4.21. The summed E-state index contributed by atoms with van der Waals surface area (Å²) < 4.78 is 68.6. The topological polar surface area (TPSA) is 77.8 Å². The number of aliphatic hydroxyl groups is 1. The maximum atomic E-state index is 14.3. The number of pyridine rings is 1. The fourth-order valence-electron chi connectivity index (χ4n) is 4.57. The summed E-state index contributed by atoms with van der Waals surface area (Å²) in [6, 6.07) is 7.38. The molecule has 1 spiro atoms. The zero-order valence-electron chi connectivity index (χ0n) is 18.9. The van der Waals surface area contributed by atoms with Crippen LogP contribution in [0.25, 0.3) is 10.6 Å². The minimum atomic E-state index is -4.71. The first-order valence-electron chi connectivity index (χ1n) is 11.1. The van der Waals surface area contributed by atoms with Gasteiger partial charge in [0.2, 0.25) is 0 Å². The number of aliphatic imine (C=N–C) groups is 1. The predicted octanol–water partition coefficient (Wildman–Crippen LogP) is 5.28. The number of carbonyl (C=O) groups excluding carboxylic acids is 1. The second-order valence-corrected chi connectivity index (χ2v) is 10.6. The van der Waals surface area contributed by atoms with Gasteiger partial charge in [-0.15, -0.1) is 11.3 Å². The van der Waals surface area contributed by atoms with Gasteiger partial charge in [-0.1, -0.05) is 15.9 Å². The van der Waals surface area contributed by atoms with E-state index in [9.17, 15) is 31.9 Å². The molecule has 1 fully saturated rings. The molecule has 1 saturated heterocycles. The van der Waals surface area contributed by atoms with E-state index in [0.29, 0.717) is 34.6 Å². The van der Waals surface area contributed by atoms with Gasteiger partial charge in [-0.2, -0.15) is 17.6 Å². The molecule has 0 atom stereocenters. The summed E-state index contributed by atoms with van der Waals surface area (Å²) in [4.78, 5) is 23.4. The normalized spacial score (nSPS) is 17.3. The summed E-state index contributed by atoms with van der Waals surface area (Å²) >= 11 is 3.90. The van der Waals surface area contributed by atoms with Crippen LogP contribution in [0, 0.1) is 10.9 Å². The van der Waals surface area contributed by atoms with Gasteiger partial charge in [0.1, 0.15) is 22.9 Å². The van der Waals surface area contributed by atoms with Crippen LogP contribution in [0.15, 0.2) is 45.9 Å². The molecular formula is C24H18BrF5N4O2S. The number of alkyl halides is 3. The van der Waals surface area contributed by atoms with Crippen LogP contribution in [-0.4, -0.2) is 40.5 Å². The van der Waals surface area contributed by atoms with E-state index in [-0.39, 0.29) is 40.4 Å². The van der Waals surface area contributed by atoms with Gasteiger partial charge >= 0.3 is 6.18 Å². The molecule has 1 aromatic carbocycles. The number of hydrogen-bond acceptors (Lipinski definition) is 6. The SMILES string of the molecule is O=C1NC(c2ccc(C(F)(F)F)nc2-c2ccc(F)s2)=NC12CCN(c1cc(Br)cc(F)c1CO)CC2. The van der Waals surface area contributed by atoms with Gasteiger partial charge in [0.25, 0.3) is 5.91 Å². The molecule has 3 aromatic rings. The van der Waals surface area contributed by atoms with Crippen LogP contribution in [-0.2, 0) is 17.6 Å². The van der Waals surface area contributed by atoms with E-state index >= 15 is 0 Å². The Morgan fingerprint density at radius 1 is 1.14 bits per heavy atom. The highest BCUT2D eigenvalue weighted by atomic mass is 79.9. The van der Waals surface area contributed by atoms with Crippen LogP contribution in [0.5, 0.6) is 0 Å². The average Bonchev–Trinajstić information content (AvgIpc) is 3.41. The number of halogens is 6. The second-order valence-electron chi connectivity index (χ2n) is 8.67. The van der Waals surface area contributed by atoms with Crippen LogP contribution >= 0.6 is 27.3 Å². The number of piperidine rings is 1. The molecule has 13 heteroatoms. The number of amidine groups is 1. The lowest BCUT2D eigenvalue weighted by molar-refractivity contribution is -0.141. The van der Waals surface area contributed by atoms with Crippen molar-refractivity contribution >= 4 is 44.7 Å². The van der Waals surface area contributed by atoms with Crippen LogP contribution in [0.4, 0.5) is 27.6 Å². The van der Waals surface area contributed by atoms with Crippen molar-refractivity contribution in [1.82, 2.24) is 10.3 Å². The van der Waals surface area contributed by atoms with Crippen molar-refractivity contribution in [2.24, 2.45) is 4.99 Å². The number of nitrogens with zero attached hydrogens (tertiary/aromatic N) is 3. The number of rotatable bonds is 4. The Kier molecular flexibility index (Phi) is 6.57. The number of amides is 1. The molecule has 2 N–H and O–H groups in total. The molecule has 0 unspecified atom stereocenters. The Balaban J connectivity index is 1.47. The fraction of sp³-hybridized carbons (Fsp3) is 0.292. The molecule has 6 nitrogen and oxygen atoms in total. The number of hydrogen-bond donors (Lipinski definition) is 2. The van der Waals surface area contributed by atoms with Gasteiger partial charge in [0.05, 0.1) is 17.2 Å². The largest absolute Gasteiger partial charge is 0.433 e. The number of carbonyl (C=O) groups is 1. The van der Waals surface area contributed by atoms with Gasteiger partial charge in [0.15, 0.2) is 5.13 Å². The highest BCUT2D eigenvalue weighted by Gasteiger charge is 2.47. The van der Waals surface area contributed by atoms with E-state index in [1.807, 2.05) is 4.90 Å². The van der Waals surface area contributed by atoms with Crippen molar-refractivity contribution < 1.29 is 31.9 Å². The number of thiophene rings is 1. The Hall–Kier alpha value is -2.90. The number of anilines is 1. The van der Waals surface area contributed by atoms with E-state index < -0.39 is 40.9 Å². The standard InChI is InChI=1S/C24H18BrF5N4O2S/c25-12-9-15(26)14(11-35)16(10-12)34-7-5-23(6-8-34)22(36)32-21(33-23)13-1-3-18(24(28,29)30)31-20(13)17-2-4-19(27)37-17/h1-4,9-10,35H,5-8,11H2,(H,32,33,36). The average molecular weight is 601 g/mol. The minimum Gasteiger partial charge on any atom is -0.391 e. The van der Waals surface area contributed by atoms with Gasteiger partial charge in [-0.3, -0.25) is 9.79 Å². The molecule has 0 saturated carbocycles. The number of aromatic nitrogens is 1. The fourth-order valence-corrected chi connectivity index (χ4v) is 5.72. The van der Waals surface area contributed by atoms with Gasteiger partial charge in [-0.25, -0.2) is 9.37 Å². The highest BCUT2D eigenvalue weighted by molar-refractivity contribution is 9.10. The Bertz CT molecular complexity index is 1420. The van der Waals surface area contributed by atoms with Crippen LogP contribution in [0.3, 0.4) is 0 Å². The molecule has 37 heavy (non-hydrogen) atoms. The third-order valence-corrected chi connectivity index (χ3v) is 7.79. The summed E-state index contributed by atoms with van der Waals surface area (Å²) in [5.41, 5.74) is -1.65. The van der Waals surface area contributed by atoms with Crippen molar-refractivity contribution in [2.75, 3.05) is 18.0 Å². The monoisotopic (exact) mass is 600 g/mol. The minimum absolute atomic E-state index is 0.0630. The molecule has 0 aliphatic carbocycles. The molecule has 1 amide bonds. The van der Waals surface area contributed by atoms with E-state index in [2.05, 4.69) is 31.2 Å². The van der Waals surface area contributed by atoms with E-state index in [1.165, 1.54) is 18.2 Å². The maximum Gasteiger partial charge on any atom is 0.433 e. The lowest BCUT2D eigenvalue weighted by Gasteiger charge is -2.37. The van der Waals surface area contributed by atoms with Gasteiger partial charge in [-0.05, 0) is 49.2 Å². The maximum absolute atomic E-state index is 14.3. The third kappa shape index (κ3) is 4.75. The Morgan fingerprint density at radius 2 is 1.86 bits per heavy atom. The first-order valence-corrected chi connectivity index (χ1v) is 12.7. The number of nitrogens with one attached hydrogen (secondary N) is 1. The molecule has 0 bridgehead atoms. The lowest BCUT2D eigenvalue weighted by atomic mass is 9.87. The van der Waals surface area contributed by atoms with Crippen molar-refractivity contribution in [3.63, 3.8) is 0 Å². The summed E-state index contributed by atoms with van der Waals surface area (Å²) in [5, 5.41) is 11.7. The van der Waals surface area contributed by atoms with Crippen molar-refractivity contribution in [3.05, 3.63) is 68.6 Å². The summed E-state index contributed by atoms with van der Waals surface area (Å²) in [7, 11) is 0. The third-order valence-electron chi connectivity index (χ3n) is 6.45. The first-order chi connectivity index (χ1) is 17.5. The zero-order chi connectivity index (χ0) is 26.5. The molecule has 2 aliphatic rings. The molecule has 2 aliphatic heterocycles. The van der Waals surface area contributed by atoms with Crippen molar-refractivity contribution in [2.45, 2.75) is 31.2 Å². The van der Waals surface area contributed by atoms with Crippen molar-refractivity contribution in [1.29, 1.82) is 0 Å². The molecular weight excluding hydrogens is 583 g/mol. The van der Waals surface area contributed by atoms with Gasteiger partial charge in [0, 0.05) is 34.4 Å². The quantitative estimate of drug-likeness (QED) is 0.400. The van der Waals surface area contributed by atoms with Crippen LogP contribution in [0.2, 0.25) is 0 Å². The Morgan fingerprint density at radius 3 is 2.49 bits per heavy atom. The molecule has 5 rings (SSSR count). The lowest BCUT2D eigenvalue weighted by Crippen LogP contribution is -2.49. The van der Waals surface area contributed by atoms with Crippen LogP contribution < -0.4 is 10.2 Å².